The molecule has 0 saturated carbocycles. The van der Waals surface area contributed by atoms with Gasteiger partial charge in [-0.15, -0.1) is 24.0 Å². The predicted molar refractivity (Wildman–Crippen MR) is 124 cm³/mol. The standard InChI is InChI=1S/C21H32N4O2.HI/c1-5-18(6-2)20-12-19(27-25-20)14-24-21(22-7-3)23-13-16-9-8-10-17(11-16)15-26-4;/h8-12,18H,5-7,13-15H2,1-4H3,(H2,22,23,24);1H. The number of hydrogen-bond donors (Lipinski definition) is 2. The molecule has 2 aromatic rings. The van der Waals surface area contributed by atoms with Crippen molar-refractivity contribution in [3.05, 3.63) is 52.9 Å². The second kappa shape index (κ2) is 13.5. The number of aliphatic imine (C=N–C) groups is 1. The number of guanidine groups is 1. The first kappa shape index (κ1) is 24.4. The molecule has 0 radical (unpaired) electrons. The second-order valence-electron chi connectivity index (χ2n) is 6.53. The molecule has 1 aromatic carbocycles. The van der Waals surface area contributed by atoms with Crippen LogP contribution in [-0.2, 0) is 24.4 Å². The Balaban J connectivity index is 0.00000392. The number of aromatic nitrogens is 1. The summed E-state index contributed by atoms with van der Waals surface area (Å²) in [5.74, 6) is 2.04. The molecule has 1 heterocycles. The third-order valence-corrected chi connectivity index (χ3v) is 4.48. The van der Waals surface area contributed by atoms with E-state index in [-0.39, 0.29) is 24.0 Å². The van der Waals surface area contributed by atoms with E-state index in [1.54, 1.807) is 7.11 Å². The molecular weight excluding hydrogens is 467 g/mol. The number of nitrogens with one attached hydrogen (secondary N) is 2. The highest BCUT2D eigenvalue weighted by atomic mass is 127. The van der Waals surface area contributed by atoms with Crippen LogP contribution in [0.2, 0.25) is 0 Å². The van der Waals surface area contributed by atoms with E-state index in [9.17, 15) is 0 Å². The molecule has 0 bridgehead atoms. The Hall–Kier alpha value is -1.61. The van der Waals surface area contributed by atoms with E-state index in [1.165, 1.54) is 0 Å². The van der Waals surface area contributed by atoms with Gasteiger partial charge in [-0.05, 0) is 30.9 Å². The summed E-state index contributed by atoms with van der Waals surface area (Å²) in [6.07, 6.45) is 2.14. The minimum atomic E-state index is 0. The largest absolute Gasteiger partial charge is 0.380 e. The molecule has 1 aromatic heterocycles. The van der Waals surface area contributed by atoms with Crippen molar-refractivity contribution in [2.75, 3.05) is 13.7 Å². The van der Waals surface area contributed by atoms with Crippen molar-refractivity contribution < 1.29 is 9.26 Å². The number of methoxy groups -OCH3 is 1. The summed E-state index contributed by atoms with van der Waals surface area (Å²) < 4.78 is 10.7. The minimum absolute atomic E-state index is 0. The van der Waals surface area contributed by atoms with E-state index in [0.29, 0.717) is 25.6 Å². The van der Waals surface area contributed by atoms with Gasteiger partial charge in [0.15, 0.2) is 11.7 Å². The number of rotatable bonds is 10. The van der Waals surface area contributed by atoms with Crippen LogP contribution in [0.1, 0.15) is 62.1 Å². The van der Waals surface area contributed by atoms with E-state index in [2.05, 4.69) is 59.8 Å². The summed E-state index contributed by atoms with van der Waals surface area (Å²) in [5.41, 5.74) is 3.34. The highest BCUT2D eigenvalue weighted by Gasteiger charge is 2.13. The molecule has 0 atom stereocenters. The molecule has 0 saturated heterocycles. The van der Waals surface area contributed by atoms with Crippen LogP contribution in [0.25, 0.3) is 0 Å². The Morgan fingerprint density at radius 3 is 2.57 bits per heavy atom. The van der Waals surface area contributed by atoms with Crippen molar-refractivity contribution in [2.45, 2.75) is 59.2 Å². The van der Waals surface area contributed by atoms with Gasteiger partial charge in [0.2, 0.25) is 0 Å². The van der Waals surface area contributed by atoms with Crippen LogP contribution < -0.4 is 10.6 Å². The first-order valence-electron chi connectivity index (χ1n) is 9.74. The molecule has 2 N–H and O–H groups in total. The number of hydrogen-bond acceptors (Lipinski definition) is 4. The summed E-state index contributed by atoms with van der Waals surface area (Å²) in [6, 6.07) is 10.3. The fraction of sp³-hybridized carbons (Fsp3) is 0.524. The lowest BCUT2D eigenvalue weighted by atomic mass is 9.99. The minimum Gasteiger partial charge on any atom is -0.380 e. The first-order valence-corrected chi connectivity index (χ1v) is 9.74. The zero-order valence-corrected chi connectivity index (χ0v) is 19.7. The molecule has 156 valence electrons. The van der Waals surface area contributed by atoms with Crippen LogP contribution in [-0.4, -0.2) is 24.8 Å². The number of halogens is 1. The highest BCUT2D eigenvalue weighted by molar-refractivity contribution is 14.0. The van der Waals surface area contributed by atoms with Crippen molar-refractivity contribution in [3.8, 4) is 0 Å². The Bertz CT molecular complexity index is 714. The van der Waals surface area contributed by atoms with Crippen LogP contribution in [0.15, 0.2) is 39.8 Å². The monoisotopic (exact) mass is 500 g/mol. The Morgan fingerprint density at radius 2 is 1.89 bits per heavy atom. The topological polar surface area (TPSA) is 71.7 Å². The van der Waals surface area contributed by atoms with Crippen molar-refractivity contribution >= 4 is 29.9 Å². The van der Waals surface area contributed by atoms with E-state index in [4.69, 9.17) is 9.26 Å². The molecule has 0 aliphatic rings. The quantitative estimate of drug-likeness (QED) is 0.284. The van der Waals surface area contributed by atoms with Gasteiger partial charge in [0.25, 0.3) is 0 Å². The lowest BCUT2D eigenvalue weighted by molar-refractivity contribution is 0.185. The van der Waals surface area contributed by atoms with Gasteiger partial charge in [-0.1, -0.05) is 43.3 Å². The molecule has 7 heteroatoms. The lowest BCUT2D eigenvalue weighted by Gasteiger charge is -2.10. The van der Waals surface area contributed by atoms with Gasteiger partial charge >= 0.3 is 0 Å². The highest BCUT2D eigenvalue weighted by Crippen LogP contribution is 2.22. The fourth-order valence-electron chi connectivity index (χ4n) is 2.98. The van der Waals surface area contributed by atoms with Crippen LogP contribution in [0.4, 0.5) is 0 Å². The van der Waals surface area contributed by atoms with Crippen LogP contribution in [0, 0.1) is 0 Å². The van der Waals surface area contributed by atoms with Crippen molar-refractivity contribution in [2.24, 2.45) is 4.99 Å². The normalized spacial score (nSPS) is 11.4. The van der Waals surface area contributed by atoms with Gasteiger partial charge in [-0.3, -0.25) is 0 Å². The average Bonchev–Trinajstić information content (AvgIpc) is 3.14. The number of benzene rings is 1. The summed E-state index contributed by atoms with van der Waals surface area (Å²) >= 11 is 0. The molecule has 0 aliphatic carbocycles. The zero-order chi connectivity index (χ0) is 19.5. The summed E-state index contributed by atoms with van der Waals surface area (Å²) in [6.45, 7) is 8.98. The van der Waals surface area contributed by atoms with Crippen LogP contribution in [0.5, 0.6) is 0 Å². The first-order chi connectivity index (χ1) is 13.2. The SMILES string of the molecule is CCNC(=NCc1cccc(COC)c1)NCc1cc(C(CC)CC)no1.I. The second-order valence-corrected chi connectivity index (χ2v) is 6.53. The average molecular weight is 500 g/mol. The van der Waals surface area contributed by atoms with Gasteiger partial charge in [-0.25, -0.2) is 4.99 Å². The van der Waals surface area contributed by atoms with E-state index < -0.39 is 0 Å². The van der Waals surface area contributed by atoms with Gasteiger partial charge < -0.3 is 19.9 Å². The molecule has 0 unspecified atom stereocenters. The molecule has 0 spiro atoms. The zero-order valence-electron chi connectivity index (χ0n) is 17.3. The van der Waals surface area contributed by atoms with Crippen molar-refractivity contribution in [1.82, 2.24) is 15.8 Å². The molecule has 0 aliphatic heterocycles. The summed E-state index contributed by atoms with van der Waals surface area (Å²) in [7, 11) is 1.70. The Morgan fingerprint density at radius 1 is 1.14 bits per heavy atom. The molecule has 6 nitrogen and oxygen atoms in total. The molecule has 2 rings (SSSR count). The lowest BCUT2D eigenvalue weighted by Crippen LogP contribution is -2.36. The molecular formula is C21H33IN4O2. The van der Waals surface area contributed by atoms with Gasteiger partial charge in [0, 0.05) is 25.6 Å². The number of nitrogens with zero attached hydrogens (tertiary/aromatic N) is 2. The van der Waals surface area contributed by atoms with E-state index >= 15 is 0 Å². The molecule has 0 amide bonds. The molecule has 0 fully saturated rings. The fourth-order valence-corrected chi connectivity index (χ4v) is 2.98. The van der Waals surface area contributed by atoms with Gasteiger partial charge in [-0.2, -0.15) is 0 Å². The third kappa shape index (κ3) is 7.79. The third-order valence-electron chi connectivity index (χ3n) is 4.48. The maximum atomic E-state index is 5.47. The van der Waals surface area contributed by atoms with Crippen molar-refractivity contribution in [1.29, 1.82) is 0 Å². The molecule has 28 heavy (non-hydrogen) atoms. The van der Waals surface area contributed by atoms with Crippen molar-refractivity contribution in [3.63, 3.8) is 0 Å². The van der Waals surface area contributed by atoms with Gasteiger partial charge in [0.1, 0.15) is 0 Å². The van der Waals surface area contributed by atoms with E-state index in [1.807, 2.05) is 12.1 Å². The smallest absolute Gasteiger partial charge is 0.191 e. The van der Waals surface area contributed by atoms with E-state index in [0.717, 1.165) is 47.9 Å². The van der Waals surface area contributed by atoms with Crippen LogP contribution >= 0.6 is 24.0 Å². The Labute approximate surface area is 185 Å². The maximum absolute atomic E-state index is 5.47. The van der Waals surface area contributed by atoms with Gasteiger partial charge in [0.05, 0.1) is 25.4 Å². The summed E-state index contributed by atoms with van der Waals surface area (Å²) in [5, 5.41) is 10.8. The number of ether oxygens (including phenoxy) is 1. The van der Waals surface area contributed by atoms with Crippen LogP contribution in [0.3, 0.4) is 0 Å². The summed E-state index contributed by atoms with van der Waals surface area (Å²) in [4.78, 5) is 4.67. The predicted octanol–water partition coefficient (Wildman–Crippen LogP) is 4.60. The maximum Gasteiger partial charge on any atom is 0.191 e. The Kier molecular flexibility index (Phi) is 11.8.